The first-order valence-electron chi connectivity index (χ1n) is 8.97. The summed E-state index contributed by atoms with van der Waals surface area (Å²) in [4.78, 5) is 21.0. The van der Waals surface area contributed by atoms with Crippen LogP contribution in [-0.2, 0) is 9.84 Å². The zero-order valence-corrected chi connectivity index (χ0v) is 17.2. The Morgan fingerprint density at radius 3 is 2.65 bits per heavy atom. The van der Waals surface area contributed by atoms with Gasteiger partial charge in [0, 0.05) is 12.5 Å². The number of nitrogens with one attached hydrogen (secondary N) is 1. The van der Waals surface area contributed by atoms with E-state index in [1.165, 1.54) is 24.5 Å². The number of carbonyl (C=O) groups is 1. The zero-order chi connectivity index (χ0) is 22.2. The summed E-state index contributed by atoms with van der Waals surface area (Å²) in [5.41, 5.74) is 1.40. The molecule has 4 rings (SSSR count). The van der Waals surface area contributed by atoms with Crippen molar-refractivity contribution in [3.8, 4) is 17.1 Å². The second-order valence-corrected chi connectivity index (χ2v) is 8.69. The van der Waals surface area contributed by atoms with Gasteiger partial charge < -0.3 is 4.42 Å². The molecule has 0 spiro atoms. The number of pyridine rings is 1. The van der Waals surface area contributed by atoms with Crippen LogP contribution in [0.25, 0.3) is 17.1 Å². The van der Waals surface area contributed by atoms with Gasteiger partial charge in [-0.2, -0.15) is 10.1 Å². The molecule has 158 valence electrons. The Hall–Kier alpha value is -3.86. The minimum Gasteiger partial charge on any atom is -0.431 e. The van der Waals surface area contributed by atoms with Crippen molar-refractivity contribution < 1.29 is 22.0 Å². The fraction of sp³-hybridized carbons (Fsp3) is 0.100. The third kappa shape index (κ3) is 4.21. The Kier molecular flexibility index (Phi) is 5.11. The number of oxazole rings is 1. The third-order valence-corrected chi connectivity index (χ3v) is 5.40. The topological polar surface area (TPSA) is 120 Å². The smallest absolute Gasteiger partial charge is 0.302 e. The van der Waals surface area contributed by atoms with Crippen molar-refractivity contribution >= 4 is 21.8 Å². The van der Waals surface area contributed by atoms with Crippen molar-refractivity contribution in [3.05, 3.63) is 72.1 Å². The molecular formula is C20H16FN5O4S. The summed E-state index contributed by atoms with van der Waals surface area (Å²) in [7, 11) is -3.58. The van der Waals surface area contributed by atoms with Gasteiger partial charge in [-0.3, -0.25) is 15.1 Å². The number of anilines is 1. The molecular weight excluding hydrogens is 425 g/mol. The van der Waals surface area contributed by atoms with Crippen LogP contribution in [0, 0.1) is 12.7 Å². The quantitative estimate of drug-likeness (QED) is 0.505. The van der Waals surface area contributed by atoms with Crippen molar-refractivity contribution in [2.45, 2.75) is 11.8 Å². The van der Waals surface area contributed by atoms with Crippen LogP contribution in [0.4, 0.5) is 10.4 Å². The summed E-state index contributed by atoms with van der Waals surface area (Å²) < 4.78 is 44.3. The van der Waals surface area contributed by atoms with Crippen molar-refractivity contribution in [2.24, 2.45) is 0 Å². The lowest BCUT2D eigenvalue weighted by atomic mass is 10.3. The van der Waals surface area contributed by atoms with E-state index in [1.807, 2.05) is 0 Å². The van der Waals surface area contributed by atoms with Crippen molar-refractivity contribution in [3.63, 3.8) is 0 Å². The fourth-order valence-electron chi connectivity index (χ4n) is 2.86. The van der Waals surface area contributed by atoms with Crippen LogP contribution >= 0.6 is 0 Å². The van der Waals surface area contributed by atoms with Gasteiger partial charge >= 0.3 is 6.01 Å². The molecule has 11 heteroatoms. The maximum absolute atomic E-state index is 14.6. The Morgan fingerprint density at radius 2 is 1.97 bits per heavy atom. The van der Waals surface area contributed by atoms with Crippen LogP contribution in [0.15, 0.2) is 64.2 Å². The number of benzene rings is 1. The van der Waals surface area contributed by atoms with Crippen LogP contribution in [0.3, 0.4) is 0 Å². The number of rotatable bonds is 5. The van der Waals surface area contributed by atoms with Crippen LogP contribution in [0.1, 0.15) is 16.2 Å². The fourth-order valence-corrected chi connectivity index (χ4v) is 3.49. The van der Waals surface area contributed by atoms with Gasteiger partial charge in [-0.15, -0.1) is 0 Å². The molecule has 0 unspecified atom stereocenters. The number of hydrogen-bond acceptors (Lipinski definition) is 7. The van der Waals surface area contributed by atoms with Crippen LogP contribution in [0.5, 0.6) is 0 Å². The average Bonchev–Trinajstić information content (AvgIpc) is 3.34. The first-order chi connectivity index (χ1) is 14.7. The van der Waals surface area contributed by atoms with Crippen LogP contribution in [-0.4, -0.2) is 40.3 Å². The number of nitrogens with zero attached hydrogens (tertiary/aromatic N) is 4. The molecule has 1 amide bonds. The number of amides is 1. The molecule has 3 aromatic heterocycles. The lowest BCUT2D eigenvalue weighted by Gasteiger charge is -2.09. The highest BCUT2D eigenvalue weighted by Crippen LogP contribution is 2.22. The maximum Gasteiger partial charge on any atom is 0.302 e. The average molecular weight is 441 g/mol. The van der Waals surface area contributed by atoms with E-state index in [4.69, 9.17) is 4.42 Å². The van der Waals surface area contributed by atoms with E-state index in [1.54, 1.807) is 31.3 Å². The summed E-state index contributed by atoms with van der Waals surface area (Å²) in [5.74, 6) is -1.48. The lowest BCUT2D eigenvalue weighted by Crippen LogP contribution is -2.18. The molecule has 0 atom stereocenters. The lowest BCUT2D eigenvalue weighted by molar-refractivity contribution is 0.101. The minimum absolute atomic E-state index is 0.0149. The van der Waals surface area contributed by atoms with Crippen molar-refractivity contribution in [1.82, 2.24) is 19.7 Å². The van der Waals surface area contributed by atoms with E-state index in [9.17, 15) is 17.6 Å². The monoisotopic (exact) mass is 441 g/mol. The first kappa shape index (κ1) is 20.4. The molecule has 0 aliphatic carbocycles. The molecule has 0 saturated carbocycles. The molecule has 1 N–H and O–H groups in total. The van der Waals surface area contributed by atoms with Gasteiger partial charge in [-0.1, -0.05) is 6.07 Å². The van der Waals surface area contributed by atoms with E-state index in [0.29, 0.717) is 17.1 Å². The van der Waals surface area contributed by atoms with Gasteiger partial charge in [0.15, 0.2) is 9.84 Å². The van der Waals surface area contributed by atoms with Gasteiger partial charge in [0.25, 0.3) is 5.91 Å². The SMILES string of the molecule is Cc1cc(C(=O)Nc2nc(-c3ccccn3)co2)n(-c2ccc(S(C)(=O)=O)cc2F)n1. The predicted molar refractivity (Wildman–Crippen MR) is 109 cm³/mol. The molecule has 0 saturated heterocycles. The number of aromatic nitrogens is 4. The van der Waals surface area contributed by atoms with Crippen molar-refractivity contribution in [2.75, 3.05) is 11.6 Å². The van der Waals surface area contributed by atoms with Gasteiger partial charge in [0.05, 0.1) is 16.3 Å². The molecule has 0 aliphatic heterocycles. The summed E-state index contributed by atoms with van der Waals surface area (Å²) in [6.07, 6.45) is 3.94. The molecule has 3 heterocycles. The Labute approximate surface area is 176 Å². The molecule has 1 aromatic carbocycles. The second-order valence-electron chi connectivity index (χ2n) is 6.68. The Bertz CT molecular complexity index is 1380. The summed E-state index contributed by atoms with van der Waals surface area (Å²) >= 11 is 0. The summed E-state index contributed by atoms with van der Waals surface area (Å²) in [5, 5.41) is 6.66. The predicted octanol–water partition coefficient (Wildman–Crippen LogP) is 3.03. The van der Waals surface area contributed by atoms with E-state index < -0.39 is 21.6 Å². The molecule has 0 radical (unpaired) electrons. The Morgan fingerprint density at radius 1 is 1.16 bits per heavy atom. The van der Waals surface area contributed by atoms with Gasteiger partial charge in [-0.25, -0.2) is 17.5 Å². The standard InChI is InChI=1S/C20H16FN5O4S/c1-12-9-18(26(25-12)17-7-6-13(10-14(17)21)31(2,28)29)19(27)24-20-23-16(11-30-20)15-5-3-4-8-22-15/h3-11H,1-2H3,(H,23,24,27). The van der Waals surface area contributed by atoms with E-state index in [0.717, 1.165) is 17.0 Å². The second kappa shape index (κ2) is 7.76. The number of hydrogen-bond donors (Lipinski definition) is 1. The zero-order valence-electron chi connectivity index (χ0n) is 16.4. The molecule has 9 nitrogen and oxygen atoms in total. The molecule has 0 aliphatic rings. The Balaban J connectivity index is 1.63. The number of aryl methyl sites for hydroxylation is 1. The van der Waals surface area contributed by atoms with Gasteiger partial charge in [0.1, 0.15) is 29.2 Å². The molecule has 0 fully saturated rings. The number of carbonyl (C=O) groups excluding carboxylic acids is 1. The van der Waals surface area contributed by atoms with Crippen LogP contribution in [0.2, 0.25) is 0 Å². The maximum atomic E-state index is 14.6. The summed E-state index contributed by atoms with van der Waals surface area (Å²) in [6.45, 7) is 1.64. The van der Waals surface area contributed by atoms with E-state index >= 15 is 0 Å². The molecule has 4 aromatic rings. The van der Waals surface area contributed by atoms with E-state index in [2.05, 4.69) is 20.4 Å². The largest absolute Gasteiger partial charge is 0.431 e. The van der Waals surface area contributed by atoms with Crippen molar-refractivity contribution in [1.29, 1.82) is 0 Å². The van der Waals surface area contributed by atoms with Crippen LogP contribution < -0.4 is 5.32 Å². The third-order valence-electron chi connectivity index (χ3n) is 4.29. The normalized spacial score (nSPS) is 11.5. The highest BCUT2D eigenvalue weighted by molar-refractivity contribution is 7.90. The number of sulfone groups is 1. The van der Waals surface area contributed by atoms with Gasteiger partial charge in [0.2, 0.25) is 0 Å². The van der Waals surface area contributed by atoms with E-state index in [-0.39, 0.29) is 22.3 Å². The highest BCUT2D eigenvalue weighted by atomic mass is 32.2. The highest BCUT2D eigenvalue weighted by Gasteiger charge is 2.21. The summed E-state index contributed by atoms with van der Waals surface area (Å²) in [6, 6.07) is 10.1. The number of halogens is 1. The molecule has 0 bridgehead atoms. The minimum atomic E-state index is -3.58. The first-order valence-corrected chi connectivity index (χ1v) is 10.9. The van der Waals surface area contributed by atoms with Gasteiger partial charge in [-0.05, 0) is 43.3 Å². The molecule has 31 heavy (non-hydrogen) atoms.